The minimum absolute atomic E-state index is 0.219. The smallest absolute Gasteiger partial charge is 0.313 e. The predicted octanol–water partition coefficient (Wildman–Crippen LogP) is 4.09. The van der Waals surface area contributed by atoms with Crippen LogP contribution in [0.4, 0.5) is 5.69 Å². The van der Waals surface area contributed by atoms with E-state index >= 15 is 0 Å². The van der Waals surface area contributed by atoms with E-state index in [1.165, 1.54) is 12.8 Å². The van der Waals surface area contributed by atoms with Crippen molar-refractivity contribution in [2.45, 2.75) is 32.1 Å². The summed E-state index contributed by atoms with van der Waals surface area (Å²) >= 11 is 0. The molecule has 5 nitrogen and oxygen atoms in total. The number of anilines is 1. The molecule has 0 aliphatic heterocycles. The molecule has 5 heteroatoms. The van der Waals surface area contributed by atoms with E-state index in [-0.39, 0.29) is 5.91 Å². The number of ether oxygens (including phenoxy) is 1. The average Bonchev–Trinajstić information content (AvgIpc) is 3.45. The summed E-state index contributed by atoms with van der Waals surface area (Å²) in [5, 5.41) is 12.1. The first-order valence-corrected chi connectivity index (χ1v) is 8.74. The van der Waals surface area contributed by atoms with Crippen molar-refractivity contribution in [1.82, 2.24) is 0 Å². The molecule has 0 atom stereocenters. The van der Waals surface area contributed by atoms with Crippen molar-refractivity contribution in [3.05, 3.63) is 59.7 Å². The van der Waals surface area contributed by atoms with Crippen molar-refractivity contribution in [3.63, 3.8) is 0 Å². The number of carbonyl (C=O) groups is 2. The van der Waals surface area contributed by atoms with Crippen LogP contribution >= 0.6 is 0 Å². The molecule has 2 aromatic carbocycles. The predicted molar refractivity (Wildman–Crippen MR) is 99.7 cm³/mol. The quantitative estimate of drug-likeness (QED) is 0.786. The van der Waals surface area contributed by atoms with Gasteiger partial charge in [0.2, 0.25) is 0 Å². The molecule has 0 heterocycles. The molecule has 2 N–H and O–H groups in total. The highest BCUT2D eigenvalue weighted by molar-refractivity contribution is 6.04. The number of benzene rings is 2. The molecule has 0 bridgehead atoms. The van der Waals surface area contributed by atoms with Gasteiger partial charge in [0.15, 0.2) is 0 Å². The van der Waals surface area contributed by atoms with Crippen LogP contribution in [0.25, 0.3) is 0 Å². The lowest BCUT2D eigenvalue weighted by Gasteiger charge is -2.19. The van der Waals surface area contributed by atoms with E-state index in [1.807, 2.05) is 0 Å². The monoisotopic (exact) mass is 353 g/mol. The molecule has 0 radical (unpaired) electrons. The number of aliphatic carboxylic acids is 1. The summed E-state index contributed by atoms with van der Waals surface area (Å²) in [5.74, 6) is 0.350. The van der Waals surface area contributed by atoms with Gasteiger partial charge in [0.05, 0.1) is 12.0 Å². The van der Waals surface area contributed by atoms with Gasteiger partial charge >= 0.3 is 5.97 Å². The van der Waals surface area contributed by atoms with E-state index in [1.54, 1.807) is 62.4 Å². The maximum absolute atomic E-state index is 12.3. The van der Waals surface area contributed by atoms with Crippen molar-refractivity contribution in [3.8, 4) is 5.75 Å². The van der Waals surface area contributed by atoms with Gasteiger partial charge in [-0.15, -0.1) is 0 Å². The molecule has 1 aliphatic carbocycles. The number of carbonyl (C=O) groups excluding carboxylic acids is 1. The van der Waals surface area contributed by atoms with Gasteiger partial charge in [0.1, 0.15) is 5.75 Å². The third kappa shape index (κ3) is 4.23. The highest BCUT2D eigenvalue weighted by Gasteiger charge is 2.29. The van der Waals surface area contributed by atoms with E-state index in [9.17, 15) is 14.7 Å². The first-order valence-electron chi connectivity index (χ1n) is 8.74. The molecule has 2 aromatic rings. The highest BCUT2D eigenvalue weighted by Crippen LogP contribution is 2.29. The second-order valence-electron chi connectivity index (χ2n) is 7.24. The number of rotatable bonds is 7. The third-order valence-electron chi connectivity index (χ3n) is 4.70. The number of carboxylic acids is 1. The molecule has 3 rings (SSSR count). The van der Waals surface area contributed by atoms with Gasteiger partial charge in [0, 0.05) is 11.3 Å². The van der Waals surface area contributed by atoms with Gasteiger partial charge in [-0.2, -0.15) is 0 Å². The summed E-state index contributed by atoms with van der Waals surface area (Å²) in [6, 6.07) is 13.9. The van der Waals surface area contributed by atoms with Crippen LogP contribution in [-0.4, -0.2) is 23.6 Å². The van der Waals surface area contributed by atoms with Gasteiger partial charge in [-0.3, -0.25) is 9.59 Å². The standard InChI is InChI=1S/C21H23NO4/c1-21(2,20(24)25)16-7-9-17(10-8-16)22-19(23)15-5-11-18(12-6-15)26-13-14-3-4-14/h5-12,14H,3-4,13H2,1-2H3,(H,22,23)(H,24,25). The Morgan fingerprint density at radius 1 is 1.08 bits per heavy atom. The molecule has 1 saturated carbocycles. The Morgan fingerprint density at radius 2 is 1.69 bits per heavy atom. The topological polar surface area (TPSA) is 75.6 Å². The van der Waals surface area contributed by atoms with E-state index in [0.29, 0.717) is 22.7 Å². The lowest BCUT2D eigenvalue weighted by Crippen LogP contribution is -2.28. The summed E-state index contributed by atoms with van der Waals surface area (Å²) < 4.78 is 5.67. The molecule has 0 unspecified atom stereocenters. The summed E-state index contributed by atoms with van der Waals surface area (Å²) in [6.45, 7) is 4.04. The zero-order valence-electron chi connectivity index (χ0n) is 15.0. The van der Waals surface area contributed by atoms with E-state index in [2.05, 4.69) is 5.32 Å². The zero-order chi connectivity index (χ0) is 18.7. The second-order valence-corrected chi connectivity index (χ2v) is 7.24. The Morgan fingerprint density at radius 3 is 2.23 bits per heavy atom. The van der Waals surface area contributed by atoms with Gasteiger partial charge in [-0.05, 0) is 74.6 Å². The summed E-state index contributed by atoms with van der Waals surface area (Å²) in [6.07, 6.45) is 2.48. The molecule has 0 spiro atoms. The fourth-order valence-corrected chi connectivity index (χ4v) is 2.50. The molecule has 136 valence electrons. The minimum atomic E-state index is -0.973. The van der Waals surface area contributed by atoms with Crippen molar-refractivity contribution in [2.75, 3.05) is 11.9 Å². The Bertz CT molecular complexity index is 790. The van der Waals surface area contributed by atoms with Crippen molar-refractivity contribution >= 4 is 17.6 Å². The third-order valence-corrected chi connectivity index (χ3v) is 4.70. The molecule has 0 aromatic heterocycles. The summed E-state index contributed by atoms with van der Waals surface area (Å²) in [4.78, 5) is 23.6. The highest BCUT2D eigenvalue weighted by atomic mass is 16.5. The lowest BCUT2D eigenvalue weighted by atomic mass is 9.85. The average molecular weight is 353 g/mol. The Labute approximate surface area is 153 Å². The van der Waals surface area contributed by atoms with Crippen LogP contribution < -0.4 is 10.1 Å². The second kappa shape index (κ2) is 7.20. The molecular weight excluding hydrogens is 330 g/mol. The maximum atomic E-state index is 12.3. The van der Waals surface area contributed by atoms with Crippen molar-refractivity contribution in [2.24, 2.45) is 5.92 Å². The van der Waals surface area contributed by atoms with Crippen LogP contribution in [0, 0.1) is 5.92 Å². The van der Waals surface area contributed by atoms with Gasteiger partial charge in [0.25, 0.3) is 5.91 Å². The lowest BCUT2D eigenvalue weighted by molar-refractivity contribution is -0.142. The van der Waals surface area contributed by atoms with E-state index in [4.69, 9.17) is 4.74 Å². The van der Waals surface area contributed by atoms with E-state index in [0.717, 1.165) is 12.4 Å². The summed E-state index contributed by atoms with van der Waals surface area (Å²) in [7, 11) is 0. The van der Waals surface area contributed by atoms with Gasteiger partial charge in [-0.25, -0.2) is 0 Å². The number of amides is 1. The van der Waals surface area contributed by atoms with Crippen molar-refractivity contribution < 1.29 is 19.4 Å². The maximum Gasteiger partial charge on any atom is 0.313 e. The fraction of sp³-hybridized carbons (Fsp3) is 0.333. The van der Waals surface area contributed by atoms with Crippen LogP contribution in [0.1, 0.15) is 42.6 Å². The van der Waals surface area contributed by atoms with Crippen LogP contribution in [0.2, 0.25) is 0 Å². The van der Waals surface area contributed by atoms with Crippen LogP contribution in [0.5, 0.6) is 5.75 Å². The number of carboxylic acid groups (broad SMARTS) is 1. The van der Waals surface area contributed by atoms with Crippen LogP contribution in [-0.2, 0) is 10.2 Å². The van der Waals surface area contributed by atoms with Crippen molar-refractivity contribution in [1.29, 1.82) is 0 Å². The molecule has 1 amide bonds. The van der Waals surface area contributed by atoms with Crippen LogP contribution in [0.3, 0.4) is 0 Å². The molecular formula is C21H23NO4. The SMILES string of the molecule is CC(C)(C(=O)O)c1ccc(NC(=O)c2ccc(OCC3CC3)cc2)cc1. The number of hydrogen-bond acceptors (Lipinski definition) is 3. The molecule has 26 heavy (non-hydrogen) atoms. The Balaban J connectivity index is 1.61. The summed E-state index contributed by atoms with van der Waals surface area (Å²) in [5.41, 5.74) is 0.867. The first kappa shape index (κ1) is 18.0. The Hall–Kier alpha value is -2.82. The largest absolute Gasteiger partial charge is 0.493 e. The first-order chi connectivity index (χ1) is 12.4. The number of hydrogen-bond donors (Lipinski definition) is 2. The van der Waals surface area contributed by atoms with Gasteiger partial charge in [-0.1, -0.05) is 12.1 Å². The number of nitrogens with one attached hydrogen (secondary N) is 1. The minimum Gasteiger partial charge on any atom is -0.493 e. The molecule has 1 aliphatic rings. The fourth-order valence-electron chi connectivity index (χ4n) is 2.50. The normalized spacial score (nSPS) is 13.9. The van der Waals surface area contributed by atoms with E-state index < -0.39 is 11.4 Å². The van der Waals surface area contributed by atoms with Crippen LogP contribution in [0.15, 0.2) is 48.5 Å². The Kier molecular flexibility index (Phi) is 4.98. The van der Waals surface area contributed by atoms with Gasteiger partial charge < -0.3 is 15.2 Å². The molecule has 0 saturated heterocycles. The zero-order valence-corrected chi connectivity index (χ0v) is 15.0. The molecule has 1 fully saturated rings.